The minimum Gasteiger partial charge on any atom is -0.373 e. The molecule has 0 atom stereocenters. The van der Waals surface area contributed by atoms with Gasteiger partial charge in [-0.3, -0.25) is 9.78 Å². The summed E-state index contributed by atoms with van der Waals surface area (Å²) in [5.41, 5.74) is 0.698. The van der Waals surface area contributed by atoms with Gasteiger partial charge in [-0.25, -0.2) is 0 Å². The summed E-state index contributed by atoms with van der Waals surface area (Å²) in [6.07, 6.45) is 0.787. The largest absolute Gasteiger partial charge is 0.416 e. The van der Waals surface area contributed by atoms with Gasteiger partial charge in [0.2, 0.25) is 0 Å². The van der Waals surface area contributed by atoms with Crippen molar-refractivity contribution >= 4 is 17.3 Å². The molecule has 0 spiro atoms. The van der Waals surface area contributed by atoms with E-state index in [1.807, 2.05) is 11.9 Å². The molecule has 0 bridgehead atoms. The Morgan fingerprint density at radius 1 is 1.20 bits per heavy atom. The van der Waals surface area contributed by atoms with Crippen molar-refractivity contribution in [3.05, 3.63) is 53.9 Å². The minimum absolute atomic E-state index is 0.294. The monoisotopic (exact) mass is 351 g/mol. The first-order valence-electron chi connectivity index (χ1n) is 7.96. The summed E-state index contributed by atoms with van der Waals surface area (Å²) in [6.45, 7) is 2.95. The number of benzene rings is 1. The molecule has 0 fully saturated rings. The lowest BCUT2D eigenvalue weighted by Crippen LogP contribution is -2.20. The number of hydrogen-bond donors (Lipinski definition) is 1. The average Bonchev–Trinajstić information content (AvgIpc) is 2.59. The number of alkyl halides is 3. The molecule has 1 aromatic carbocycles. The number of rotatable bonds is 6. The third-order valence-corrected chi connectivity index (χ3v) is 3.74. The van der Waals surface area contributed by atoms with Gasteiger partial charge in [-0.1, -0.05) is 13.3 Å². The van der Waals surface area contributed by atoms with Crippen LogP contribution in [0.25, 0.3) is 0 Å². The first-order chi connectivity index (χ1) is 11.8. The van der Waals surface area contributed by atoms with E-state index < -0.39 is 17.6 Å². The van der Waals surface area contributed by atoms with Crippen molar-refractivity contribution in [1.82, 2.24) is 4.98 Å². The first-order valence-corrected chi connectivity index (χ1v) is 7.96. The number of amides is 1. The topological polar surface area (TPSA) is 45.2 Å². The molecule has 0 aliphatic carbocycles. The van der Waals surface area contributed by atoms with E-state index in [1.165, 1.54) is 18.3 Å². The van der Waals surface area contributed by atoms with Gasteiger partial charge in [-0.15, -0.1) is 0 Å². The van der Waals surface area contributed by atoms with Crippen LogP contribution < -0.4 is 10.2 Å². The molecule has 0 radical (unpaired) electrons. The molecule has 0 aliphatic heterocycles. The molecule has 2 rings (SSSR count). The van der Waals surface area contributed by atoms with Crippen LogP contribution in [-0.4, -0.2) is 24.5 Å². The van der Waals surface area contributed by atoms with Crippen molar-refractivity contribution < 1.29 is 18.0 Å². The van der Waals surface area contributed by atoms with E-state index in [1.54, 1.807) is 12.3 Å². The SMILES string of the molecule is CCCCN(C)c1cncc(C(=O)Nc2ccc(C(F)(F)F)cc2)c1. The maximum absolute atomic E-state index is 12.6. The van der Waals surface area contributed by atoms with Gasteiger partial charge in [0.05, 0.1) is 23.0 Å². The van der Waals surface area contributed by atoms with Crippen LogP contribution in [0.1, 0.15) is 35.7 Å². The van der Waals surface area contributed by atoms with E-state index in [9.17, 15) is 18.0 Å². The molecule has 7 heteroatoms. The Morgan fingerprint density at radius 2 is 1.88 bits per heavy atom. The number of unbranched alkanes of at least 4 members (excludes halogenated alkanes) is 1. The predicted molar refractivity (Wildman–Crippen MR) is 91.8 cm³/mol. The highest BCUT2D eigenvalue weighted by molar-refractivity contribution is 6.04. The van der Waals surface area contributed by atoms with Gasteiger partial charge in [-0.2, -0.15) is 13.2 Å². The highest BCUT2D eigenvalue weighted by Crippen LogP contribution is 2.29. The van der Waals surface area contributed by atoms with Crippen LogP contribution in [0.4, 0.5) is 24.5 Å². The zero-order chi connectivity index (χ0) is 18.4. The van der Waals surface area contributed by atoms with Crippen molar-refractivity contribution in [2.45, 2.75) is 25.9 Å². The van der Waals surface area contributed by atoms with Gasteiger partial charge in [0.25, 0.3) is 5.91 Å². The molecule has 1 amide bonds. The molecular weight excluding hydrogens is 331 g/mol. The summed E-state index contributed by atoms with van der Waals surface area (Å²) in [6, 6.07) is 6.03. The Balaban J connectivity index is 2.08. The van der Waals surface area contributed by atoms with Crippen LogP contribution in [0.2, 0.25) is 0 Å². The van der Waals surface area contributed by atoms with Crippen molar-refractivity contribution in [2.24, 2.45) is 0 Å². The number of anilines is 2. The van der Waals surface area contributed by atoms with Crippen LogP contribution in [0.5, 0.6) is 0 Å². The fraction of sp³-hybridized carbons (Fsp3) is 0.333. The first kappa shape index (κ1) is 18.8. The summed E-state index contributed by atoms with van der Waals surface area (Å²) in [4.78, 5) is 18.4. The molecule has 0 aliphatic rings. The standard InChI is InChI=1S/C18H20F3N3O/c1-3-4-9-24(2)16-10-13(11-22-12-16)17(25)23-15-7-5-14(6-8-15)18(19,20)21/h5-8,10-12H,3-4,9H2,1-2H3,(H,23,25). The van der Waals surface area contributed by atoms with E-state index in [0.717, 1.165) is 37.2 Å². The lowest BCUT2D eigenvalue weighted by molar-refractivity contribution is -0.137. The maximum Gasteiger partial charge on any atom is 0.416 e. The molecule has 134 valence electrons. The highest BCUT2D eigenvalue weighted by Gasteiger charge is 2.30. The van der Waals surface area contributed by atoms with Crippen molar-refractivity contribution in [3.8, 4) is 0 Å². The number of carbonyl (C=O) groups excluding carboxylic acids is 1. The lowest BCUT2D eigenvalue weighted by atomic mass is 10.2. The fourth-order valence-corrected chi connectivity index (χ4v) is 2.23. The second-order valence-electron chi connectivity index (χ2n) is 5.74. The van der Waals surface area contributed by atoms with Crippen LogP contribution >= 0.6 is 0 Å². The molecule has 0 saturated carbocycles. The normalized spacial score (nSPS) is 11.2. The minimum atomic E-state index is -4.40. The second kappa shape index (κ2) is 8.00. The zero-order valence-electron chi connectivity index (χ0n) is 14.1. The van der Waals surface area contributed by atoms with Crippen molar-refractivity contribution in [1.29, 1.82) is 0 Å². The maximum atomic E-state index is 12.6. The van der Waals surface area contributed by atoms with Gasteiger partial charge in [0.15, 0.2) is 0 Å². The Bertz CT molecular complexity index is 714. The summed E-state index contributed by atoms with van der Waals surface area (Å²) >= 11 is 0. The van der Waals surface area contributed by atoms with Gasteiger partial charge in [0, 0.05) is 25.5 Å². The summed E-state index contributed by atoms with van der Waals surface area (Å²) in [7, 11) is 1.92. The highest BCUT2D eigenvalue weighted by atomic mass is 19.4. The number of halogens is 3. The third kappa shape index (κ3) is 5.20. The van der Waals surface area contributed by atoms with Crippen LogP contribution in [0.3, 0.4) is 0 Å². The van der Waals surface area contributed by atoms with E-state index in [2.05, 4.69) is 17.2 Å². The third-order valence-electron chi connectivity index (χ3n) is 3.74. The number of aromatic nitrogens is 1. The molecular formula is C18H20F3N3O. The number of hydrogen-bond acceptors (Lipinski definition) is 3. The molecule has 25 heavy (non-hydrogen) atoms. The van der Waals surface area contributed by atoms with Gasteiger partial charge in [0.1, 0.15) is 0 Å². The average molecular weight is 351 g/mol. The van der Waals surface area contributed by atoms with Crippen LogP contribution in [0.15, 0.2) is 42.7 Å². The molecule has 1 N–H and O–H groups in total. The lowest BCUT2D eigenvalue weighted by Gasteiger charge is -2.19. The Morgan fingerprint density at radius 3 is 2.48 bits per heavy atom. The predicted octanol–water partition coefficient (Wildman–Crippen LogP) is 4.59. The van der Waals surface area contributed by atoms with Crippen LogP contribution in [0, 0.1) is 0 Å². The van der Waals surface area contributed by atoms with Gasteiger partial charge >= 0.3 is 6.18 Å². The fourth-order valence-electron chi connectivity index (χ4n) is 2.23. The van der Waals surface area contributed by atoms with E-state index in [0.29, 0.717) is 11.3 Å². The number of nitrogens with zero attached hydrogens (tertiary/aromatic N) is 2. The van der Waals surface area contributed by atoms with Crippen LogP contribution in [-0.2, 0) is 6.18 Å². The number of pyridine rings is 1. The Kier molecular flexibility index (Phi) is 6.01. The van der Waals surface area contributed by atoms with Gasteiger partial charge in [-0.05, 0) is 36.8 Å². The number of nitrogens with one attached hydrogen (secondary N) is 1. The number of carbonyl (C=O) groups is 1. The molecule has 0 saturated heterocycles. The molecule has 4 nitrogen and oxygen atoms in total. The smallest absolute Gasteiger partial charge is 0.373 e. The van der Waals surface area contributed by atoms with E-state index in [-0.39, 0.29) is 0 Å². The van der Waals surface area contributed by atoms with E-state index in [4.69, 9.17) is 0 Å². The zero-order valence-corrected chi connectivity index (χ0v) is 14.1. The summed E-state index contributed by atoms with van der Waals surface area (Å²) in [5.74, 6) is -0.419. The molecule has 0 unspecified atom stereocenters. The summed E-state index contributed by atoms with van der Waals surface area (Å²) < 4.78 is 37.7. The van der Waals surface area contributed by atoms with Crippen molar-refractivity contribution in [2.75, 3.05) is 23.8 Å². The summed E-state index contributed by atoms with van der Waals surface area (Å²) in [5, 5.41) is 2.58. The second-order valence-corrected chi connectivity index (χ2v) is 5.74. The van der Waals surface area contributed by atoms with Gasteiger partial charge < -0.3 is 10.2 Å². The molecule has 1 heterocycles. The van der Waals surface area contributed by atoms with E-state index >= 15 is 0 Å². The molecule has 1 aromatic heterocycles. The van der Waals surface area contributed by atoms with Crippen molar-refractivity contribution in [3.63, 3.8) is 0 Å². The Hall–Kier alpha value is -2.57. The Labute approximate surface area is 144 Å². The quantitative estimate of drug-likeness (QED) is 0.828. The molecule has 2 aromatic rings.